The van der Waals surface area contributed by atoms with Crippen molar-refractivity contribution in [1.82, 2.24) is 20.6 Å². The van der Waals surface area contributed by atoms with Crippen LogP contribution in [-0.4, -0.2) is 28.3 Å². The molecule has 2 N–H and O–H groups in total. The first-order chi connectivity index (χ1) is 13.6. The lowest BCUT2D eigenvalue weighted by molar-refractivity contribution is 0.0950. The molecular formula is C21H19ClN4O2. The van der Waals surface area contributed by atoms with Crippen LogP contribution < -0.4 is 10.6 Å². The summed E-state index contributed by atoms with van der Waals surface area (Å²) in [5.41, 5.74) is 2.58. The predicted octanol–water partition coefficient (Wildman–Crippen LogP) is 3.03. The number of halogens is 1. The number of rotatable bonds is 7. The van der Waals surface area contributed by atoms with E-state index in [4.69, 9.17) is 11.6 Å². The van der Waals surface area contributed by atoms with Crippen molar-refractivity contribution in [2.24, 2.45) is 0 Å². The van der Waals surface area contributed by atoms with Crippen molar-refractivity contribution < 1.29 is 9.59 Å². The number of hydrogen-bond acceptors (Lipinski definition) is 4. The molecule has 0 aliphatic rings. The summed E-state index contributed by atoms with van der Waals surface area (Å²) in [5, 5.41) is 6.28. The van der Waals surface area contributed by atoms with Gasteiger partial charge in [0.25, 0.3) is 11.8 Å². The average Bonchev–Trinajstić information content (AvgIpc) is 2.73. The minimum absolute atomic E-state index is 0.281. The number of amides is 2. The summed E-state index contributed by atoms with van der Waals surface area (Å²) in [4.78, 5) is 32.7. The van der Waals surface area contributed by atoms with Gasteiger partial charge in [0.2, 0.25) is 0 Å². The Kier molecular flexibility index (Phi) is 6.70. The van der Waals surface area contributed by atoms with Gasteiger partial charge in [-0.15, -0.1) is 0 Å². The van der Waals surface area contributed by atoms with Gasteiger partial charge in [0.05, 0.1) is 11.1 Å². The molecule has 0 unspecified atom stereocenters. The molecule has 0 saturated carbocycles. The monoisotopic (exact) mass is 394 g/mol. The highest BCUT2D eigenvalue weighted by Crippen LogP contribution is 2.11. The first-order valence-corrected chi connectivity index (χ1v) is 9.14. The molecule has 0 spiro atoms. The fraction of sp³-hybridized carbons (Fsp3) is 0.143. The van der Waals surface area contributed by atoms with E-state index in [9.17, 15) is 9.59 Å². The van der Waals surface area contributed by atoms with E-state index in [0.717, 1.165) is 11.1 Å². The highest BCUT2D eigenvalue weighted by Gasteiger charge is 2.11. The Morgan fingerprint density at radius 2 is 1.61 bits per heavy atom. The van der Waals surface area contributed by atoms with E-state index >= 15 is 0 Å². The summed E-state index contributed by atoms with van der Waals surface area (Å²) in [7, 11) is 0. The number of hydrogen-bond donors (Lipinski definition) is 2. The lowest BCUT2D eigenvalue weighted by Crippen LogP contribution is -2.27. The lowest BCUT2D eigenvalue weighted by Gasteiger charge is -2.08. The largest absolute Gasteiger partial charge is 0.352 e. The van der Waals surface area contributed by atoms with Gasteiger partial charge in [0.1, 0.15) is 0 Å². The maximum Gasteiger partial charge on any atom is 0.253 e. The topological polar surface area (TPSA) is 84.0 Å². The second-order valence-corrected chi connectivity index (χ2v) is 6.58. The third-order valence-electron chi connectivity index (χ3n) is 4.03. The normalized spacial score (nSPS) is 10.3. The number of aromatic nitrogens is 2. The van der Waals surface area contributed by atoms with Crippen LogP contribution in [0.5, 0.6) is 0 Å². The number of nitrogens with one attached hydrogen (secondary N) is 2. The molecular weight excluding hydrogens is 376 g/mol. The van der Waals surface area contributed by atoms with Crippen molar-refractivity contribution >= 4 is 23.4 Å². The van der Waals surface area contributed by atoms with Crippen LogP contribution >= 0.6 is 11.6 Å². The summed E-state index contributed by atoms with van der Waals surface area (Å²) in [6, 6.07) is 12.7. The van der Waals surface area contributed by atoms with E-state index in [-0.39, 0.29) is 11.8 Å². The Bertz CT molecular complexity index is 963. The van der Waals surface area contributed by atoms with Crippen molar-refractivity contribution in [3.63, 3.8) is 0 Å². The van der Waals surface area contributed by atoms with Gasteiger partial charge >= 0.3 is 0 Å². The number of carbonyl (C=O) groups is 2. The van der Waals surface area contributed by atoms with Crippen LogP contribution in [0.1, 0.15) is 31.8 Å². The standard InChI is InChI=1S/C21H19ClN4O2/c22-19-5-1-3-15(9-19)6-8-25-20(27)17-10-18(14-24-13-17)21(28)26-12-16-4-2-7-23-11-16/h1-5,7,9-11,13-14H,6,8,12H2,(H,25,27)(H,26,28). The van der Waals surface area contributed by atoms with Gasteiger partial charge in [-0.25, -0.2) is 0 Å². The Hall–Kier alpha value is -3.25. The second kappa shape index (κ2) is 9.62. The third-order valence-corrected chi connectivity index (χ3v) is 4.26. The van der Waals surface area contributed by atoms with E-state index in [2.05, 4.69) is 20.6 Å². The Labute approximate surface area is 168 Å². The zero-order valence-corrected chi connectivity index (χ0v) is 15.8. The molecule has 0 aliphatic carbocycles. The summed E-state index contributed by atoms with van der Waals surface area (Å²) in [5.74, 6) is -0.582. The Balaban J connectivity index is 1.54. The van der Waals surface area contributed by atoms with E-state index in [0.29, 0.717) is 35.7 Å². The summed E-state index contributed by atoms with van der Waals surface area (Å²) < 4.78 is 0. The molecule has 7 heteroatoms. The van der Waals surface area contributed by atoms with Crippen LogP contribution in [0.25, 0.3) is 0 Å². The second-order valence-electron chi connectivity index (χ2n) is 6.14. The van der Waals surface area contributed by atoms with Crippen molar-refractivity contribution in [2.75, 3.05) is 6.54 Å². The van der Waals surface area contributed by atoms with Crippen LogP contribution in [0.4, 0.5) is 0 Å². The maximum atomic E-state index is 12.3. The molecule has 2 aromatic heterocycles. The molecule has 3 aromatic rings. The molecule has 0 bridgehead atoms. The molecule has 1 aromatic carbocycles. The number of pyridine rings is 2. The summed E-state index contributed by atoms with van der Waals surface area (Å²) >= 11 is 5.96. The van der Waals surface area contributed by atoms with Crippen LogP contribution in [0.3, 0.4) is 0 Å². The van der Waals surface area contributed by atoms with Gasteiger partial charge < -0.3 is 10.6 Å². The van der Waals surface area contributed by atoms with Crippen LogP contribution in [0, 0.1) is 0 Å². The maximum absolute atomic E-state index is 12.3. The van der Waals surface area contributed by atoms with Gasteiger partial charge in [0, 0.05) is 42.9 Å². The van der Waals surface area contributed by atoms with Crippen molar-refractivity contribution in [1.29, 1.82) is 0 Å². The molecule has 0 fully saturated rings. The molecule has 2 heterocycles. The van der Waals surface area contributed by atoms with Gasteiger partial charge in [-0.2, -0.15) is 0 Å². The molecule has 0 radical (unpaired) electrons. The highest BCUT2D eigenvalue weighted by atomic mass is 35.5. The zero-order valence-electron chi connectivity index (χ0n) is 15.1. The van der Waals surface area contributed by atoms with Crippen LogP contribution in [0.15, 0.2) is 67.3 Å². The van der Waals surface area contributed by atoms with Crippen molar-refractivity contribution in [3.8, 4) is 0 Å². The number of benzene rings is 1. The zero-order chi connectivity index (χ0) is 19.8. The fourth-order valence-electron chi connectivity index (χ4n) is 2.59. The van der Waals surface area contributed by atoms with E-state index < -0.39 is 0 Å². The fourth-order valence-corrected chi connectivity index (χ4v) is 2.80. The molecule has 28 heavy (non-hydrogen) atoms. The number of nitrogens with zero attached hydrogens (tertiary/aromatic N) is 2. The van der Waals surface area contributed by atoms with E-state index in [1.54, 1.807) is 24.5 Å². The molecule has 6 nitrogen and oxygen atoms in total. The van der Waals surface area contributed by atoms with Gasteiger partial charge in [-0.3, -0.25) is 19.6 Å². The van der Waals surface area contributed by atoms with Crippen molar-refractivity contribution in [2.45, 2.75) is 13.0 Å². The van der Waals surface area contributed by atoms with Gasteiger partial charge in [0.15, 0.2) is 0 Å². The smallest absolute Gasteiger partial charge is 0.253 e. The predicted molar refractivity (Wildman–Crippen MR) is 107 cm³/mol. The molecule has 3 rings (SSSR count). The molecule has 0 atom stereocenters. The van der Waals surface area contributed by atoms with E-state index in [1.165, 1.54) is 18.5 Å². The quantitative estimate of drug-likeness (QED) is 0.645. The molecule has 2 amide bonds. The third kappa shape index (κ3) is 5.62. The van der Waals surface area contributed by atoms with Crippen LogP contribution in [-0.2, 0) is 13.0 Å². The molecule has 142 valence electrons. The van der Waals surface area contributed by atoms with Crippen molar-refractivity contribution in [3.05, 3.63) is 94.5 Å². The minimum atomic E-state index is -0.301. The lowest BCUT2D eigenvalue weighted by atomic mass is 10.1. The van der Waals surface area contributed by atoms with E-state index in [1.807, 2.05) is 24.3 Å². The first kappa shape index (κ1) is 19.5. The Morgan fingerprint density at radius 1 is 0.857 bits per heavy atom. The van der Waals surface area contributed by atoms with Crippen LogP contribution in [0.2, 0.25) is 5.02 Å². The average molecular weight is 395 g/mol. The summed E-state index contributed by atoms with van der Waals surface area (Å²) in [6.45, 7) is 0.805. The van der Waals surface area contributed by atoms with Gasteiger partial charge in [-0.1, -0.05) is 29.8 Å². The summed E-state index contributed by atoms with van der Waals surface area (Å²) in [6.07, 6.45) is 6.88. The SMILES string of the molecule is O=C(NCCc1cccc(Cl)c1)c1cncc(C(=O)NCc2cccnc2)c1. The molecule has 0 saturated heterocycles. The molecule has 0 aliphatic heterocycles. The first-order valence-electron chi connectivity index (χ1n) is 8.76. The number of carbonyl (C=O) groups excluding carboxylic acids is 2. The minimum Gasteiger partial charge on any atom is -0.352 e. The highest BCUT2D eigenvalue weighted by molar-refractivity contribution is 6.30. The Morgan fingerprint density at radius 3 is 2.32 bits per heavy atom. The van der Waals surface area contributed by atoms with Gasteiger partial charge in [-0.05, 0) is 41.8 Å².